The summed E-state index contributed by atoms with van der Waals surface area (Å²) in [7, 11) is 1.27. The third-order valence-electron chi connectivity index (χ3n) is 4.52. The maximum atomic E-state index is 12.3. The summed E-state index contributed by atoms with van der Waals surface area (Å²) in [5.74, 6) is -1.47. The van der Waals surface area contributed by atoms with Gasteiger partial charge in [-0.15, -0.1) is 0 Å². The maximum Gasteiger partial charge on any atom is 0.338 e. The third kappa shape index (κ3) is 4.81. The Morgan fingerprint density at radius 2 is 1.48 bits per heavy atom. The van der Waals surface area contributed by atoms with Crippen LogP contribution in [0.15, 0.2) is 47.1 Å². The number of carbonyl (C=O) groups excluding carboxylic acids is 4. The van der Waals surface area contributed by atoms with E-state index in [-0.39, 0.29) is 23.1 Å². The molecule has 152 valence electrons. The van der Waals surface area contributed by atoms with Crippen molar-refractivity contribution in [2.75, 3.05) is 39.9 Å². The van der Waals surface area contributed by atoms with E-state index in [0.29, 0.717) is 31.7 Å². The van der Waals surface area contributed by atoms with Gasteiger partial charge in [0.25, 0.3) is 11.8 Å². The lowest BCUT2D eigenvalue weighted by Crippen LogP contribution is -2.51. The van der Waals surface area contributed by atoms with Gasteiger partial charge in [-0.2, -0.15) is 0 Å². The zero-order chi connectivity index (χ0) is 20.8. The van der Waals surface area contributed by atoms with E-state index in [2.05, 4.69) is 4.74 Å². The predicted octanol–water partition coefficient (Wildman–Crippen LogP) is 1.21. The summed E-state index contributed by atoms with van der Waals surface area (Å²) in [4.78, 5) is 51.1. The molecule has 9 nitrogen and oxygen atoms in total. The van der Waals surface area contributed by atoms with E-state index >= 15 is 0 Å². The number of piperazine rings is 1. The summed E-state index contributed by atoms with van der Waals surface area (Å²) in [6.45, 7) is 1.03. The number of rotatable bonds is 5. The fourth-order valence-electron chi connectivity index (χ4n) is 2.88. The molecule has 29 heavy (non-hydrogen) atoms. The summed E-state index contributed by atoms with van der Waals surface area (Å²) in [6.07, 6.45) is 1.43. The molecule has 0 atom stereocenters. The Morgan fingerprint density at radius 3 is 2.03 bits per heavy atom. The van der Waals surface area contributed by atoms with Gasteiger partial charge in [-0.05, 0) is 36.4 Å². The van der Waals surface area contributed by atoms with Crippen molar-refractivity contribution in [3.05, 3.63) is 59.5 Å². The van der Waals surface area contributed by atoms with Gasteiger partial charge < -0.3 is 23.7 Å². The van der Waals surface area contributed by atoms with Gasteiger partial charge in [-0.1, -0.05) is 0 Å². The highest BCUT2D eigenvalue weighted by atomic mass is 16.5. The number of esters is 2. The molecule has 1 fully saturated rings. The Balaban J connectivity index is 1.45. The van der Waals surface area contributed by atoms with E-state index in [1.165, 1.54) is 37.6 Å². The van der Waals surface area contributed by atoms with E-state index in [1.807, 2.05) is 0 Å². The number of amides is 2. The SMILES string of the molecule is COC(=O)c1ccc(C(=O)OCC(=O)N2CCN(C(=O)c3ccco3)CC2)cc1. The lowest BCUT2D eigenvalue weighted by Gasteiger charge is -2.34. The Hall–Kier alpha value is -3.62. The first-order valence-electron chi connectivity index (χ1n) is 8.95. The molecule has 0 spiro atoms. The smallest absolute Gasteiger partial charge is 0.338 e. The first-order valence-corrected chi connectivity index (χ1v) is 8.95. The summed E-state index contributed by atoms with van der Waals surface area (Å²) < 4.78 is 14.8. The second kappa shape index (κ2) is 9.05. The van der Waals surface area contributed by atoms with Gasteiger partial charge in [-0.25, -0.2) is 9.59 Å². The highest BCUT2D eigenvalue weighted by molar-refractivity contribution is 5.94. The normalized spacial score (nSPS) is 13.7. The molecular weight excluding hydrogens is 380 g/mol. The molecule has 9 heteroatoms. The maximum absolute atomic E-state index is 12.3. The molecule has 0 bridgehead atoms. The quantitative estimate of drug-likeness (QED) is 0.695. The van der Waals surface area contributed by atoms with Crippen LogP contribution in [-0.4, -0.2) is 73.4 Å². The standard InChI is InChI=1S/C20H20N2O7/c1-27-19(25)14-4-6-15(7-5-14)20(26)29-13-17(23)21-8-10-22(11-9-21)18(24)16-3-2-12-28-16/h2-7,12H,8-11,13H2,1H3. The molecule has 0 N–H and O–H groups in total. The van der Waals surface area contributed by atoms with Crippen molar-refractivity contribution in [1.29, 1.82) is 0 Å². The minimum absolute atomic E-state index is 0.219. The lowest BCUT2D eigenvalue weighted by molar-refractivity contribution is -0.136. The van der Waals surface area contributed by atoms with Crippen LogP contribution in [0.5, 0.6) is 0 Å². The van der Waals surface area contributed by atoms with Gasteiger partial charge in [0, 0.05) is 26.2 Å². The molecule has 2 amide bonds. The summed E-state index contributed by atoms with van der Waals surface area (Å²) in [5.41, 5.74) is 0.529. The van der Waals surface area contributed by atoms with E-state index in [0.717, 1.165) is 0 Å². The van der Waals surface area contributed by atoms with Crippen molar-refractivity contribution in [1.82, 2.24) is 9.80 Å². The molecular formula is C20H20N2O7. The van der Waals surface area contributed by atoms with Gasteiger partial charge in [0.05, 0.1) is 24.5 Å². The van der Waals surface area contributed by atoms with Crippen molar-refractivity contribution in [3.63, 3.8) is 0 Å². The van der Waals surface area contributed by atoms with Crippen molar-refractivity contribution in [2.24, 2.45) is 0 Å². The summed E-state index contributed by atoms with van der Waals surface area (Å²) in [5, 5.41) is 0. The number of furan rings is 1. The molecule has 1 aromatic carbocycles. The molecule has 2 aromatic rings. The number of hydrogen-bond donors (Lipinski definition) is 0. The lowest BCUT2D eigenvalue weighted by atomic mass is 10.1. The van der Waals surface area contributed by atoms with Crippen LogP contribution in [0.25, 0.3) is 0 Å². The fourth-order valence-corrected chi connectivity index (χ4v) is 2.88. The Kier molecular flexibility index (Phi) is 6.28. The Bertz CT molecular complexity index is 882. The van der Waals surface area contributed by atoms with Gasteiger partial charge >= 0.3 is 11.9 Å². The van der Waals surface area contributed by atoms with Gasteiger partial charge in [0.15, 0.2) is 12.4 Å². The highest BCUT2D eigenvalue weighted by Gasteiger charge is 2.26. The van der Waals surface area contributed by atoms with E-state index < -0.39 is 18.5 Å². The number of methoxy groups -OCH3 is 1. The summed E-state index contributed by atoms with van der Waals surface area (Å²) in [6, 6.07) is 8.98. The van der Waals surface area contributed by atoms with Crippen LogP contribution in [0, 0.1) is 0 Å². The number of nitrogens with zero attached hydrogens (tertiary/aromatic N) is 2. The van der Waals surface area contributed by atoms with E-state index in [4.69, 9.17) is 9.15 Å². The van der Waals surface area contributed by atoms with Gasteiger partial charge in [0.1, 0.15) is 0 Å². The number of ether oxygens (including phenoxy) is 2. The largest absolute Gasteiger partial charge is 0.465 e. The van der Waals surface area contributed by atoms with Gasteiger partial charge in [0.2, 0.25) is 0 Å². The van der Waals surface area contributed by atoms with Crippen LogP contribution in [0.3, 0.4) is 0 Å². The Morgan fingerprint density at radius 1 is 0.897 bits per heavy atom. The van der Waals surface area contributed by atoms with E-state index in [9.17, 15) is 19.2 Å². The van der Waals surface area contributed by atoms with Crippen LogP contribution in [0.2, 0.25) is 0 Å². The van der Waals surface area contributed by atoms with E-state index in [1.54, 1.807) is 21.9 Å². The van der Waals surface area contributed by atoms with Crippen molar-refractivity contribution >= 4 is 23.8 Å². The zero-order valence-electron chi connectivity index (χ0n) is 15.8. The monoisotopic (exact) mass is 400 g/mol. The van der Waals surface area contributed by atoms with Crippen LogP contribution >= 0.6 is 0 Å². The molecule has 1 aromatic heterocycles. The summed E-state index contributed by atoms with van der Waals surface area (Å²) >= 11 is 0. The van der Waals surface area contributed by atoms with Crippen LogP contribution < -0.4 is 0 Å². The van der Waals surface area contributed by atoms with Crippen molar-refractivity contribution < 1.29 is 33.1 Å². The molecule has 1 aliphatic heterocycles. The predicted molar refractivity (Wildman–Crippen MR) is 99.3 cm³/mol. The number of carbonyl (C=O) groups is 4. The average Bonchev–Trinajstić information content (AvgIpc) is 3.31. The molecule has 0 saturated carbocycles. The zero-order valence-corrected chi connectivity index (χ0v) is 15.8. The first-order chi connectivity index (χ1) is 14.0. The van der Waals surface area contributed by atoms with Crippen LogP contribution in [0.1, 0.15) is 31.3 Å². The fraction of sp³-hybridized carbons (Fsp3) is 0.300. The Labute approximate surface area is 166 Å². The third-order valence-corrected chi connectivity index (χ3v) is 4.52. The second-order valence-electron chi connectivity index (χ2n) is 6.30. The first kappa shape index (κ1) is 20.1. The number of hydrogen-bond acceptors (Lipinski definition) is 7. The molecule has 1 aliphatic rings. The van der Waals surface area contributed by atoms with Crippen LogP contribution in [0.4, 0.5) is 0 Å². The minimum Gasteiger partial charge on any atom is -0.465 e. The molecule has 0 aliphatic carbocycles. The molecule has 0 radical (unpaired) electrons. The molecule has 3 rings (SSSR count). The molecule has 0 unspecified atom stereocenters. The van der Waals surface area contributed by atoms with Crippen molar-refractivity contribution in [2.45, 2.75) is 0 Å². The number of benzene rings is 1. The average molecular weight is 400 g/mol. The highest BCUT2D eigenvalue weighted by Crippen LogP contribution is 2.11. The molecule has 2 heterocycles. The van der Waals surface area contributed by atoms with Gasteiger partial charge in [-0.3, -0.25) is 9.59 Å². The molecule has 1 saturated heterocycles. The minimum atomic E-state index is -0.665. The second-order valence-corrected chi connectivity index (χ2v) is 6.30. The topological polar surface area (TPSA) is 106 Å². The van der Waals surface area contributed by atoms with Crippen LogP contribution in [-0.2, 0) is 14.3 Å². The van der Waals surface area contributed by atoms with Crippen molar-refractivity contribution in [3.8, 4) is 0 Å².